The summed E-state index contributed by atoms with van der Waals surface area (Å²) in [6.45, 7) is 3.57. The molecular formula is C13H15N3O2. The van der Waals surface area contributed by atoms with Crippen molar-refractivity contribution in [3.63, 3.8) is 0 Å². The van der Waals surface area contributed by atoms with Gasteiger partial charge >= 0.3 is 0 Å². The van der Waals surface area contributed by atoms with E-state index in [1.165, 1.54) is 12.5 Å². The van der Waals surface area contributed by atoms with Gasteiger partial charge in [-0.25, -0.2) is 0 Å². The molecule has 0 bridgehead atoms. The van der Waals surface area contributed by atoms with E-state index in [1.54, 1.807) is 13.0 Å². The third-order valence-corrected chi connectivity index (χ3v) is 3.38. The van der Waals surface area contributed by atoms with Crippen LogP contribution in [0.4, 0.5) is 11.4 Å². The Bertz CT molecular complexity index is 514. The van der Waals surface area contributed by atoms with Crippen LogP contribution in [0.2, 0.25) is 0 Å². The smallest absolute Gasteiger partial charge is 0.275 e. The zero-order chi connectivity index (χ0) is 13.1. The van der Waals surface area contributed by atoms with Gasteiger partial charge in [-0.2, -0.15) is 5.26 Å². The molecule has 2 rings (SSSR count). The molecule has 1 aliphatic rings. The molecular weight excluding hydrogens is 230 g/mol. The lowest BCUT2D eigenvalue weighted by Crippen LogP contribution is -2.30. The van der Waals surface area contributed by atoms with Gasteiger partial charge in [0.15, 0.2) is 0 Å². The van der Waals surface area contributed by atoms with Gasteiger partial charge in [0.25, 0.3) is 5.69 Å². The highest BCUT2D eigenvalue weighted by atomic mass is 16.6. The molecule has 1 saturated heterocycles. The van der Waals surface area contributed by atoms with Crippen molar-refractivity contribution in [3.8, 4) is 6.07 Å². The van der Waals surface area contributed by atoms with Gasteiger partial charge in [-0.05, 0) is 32.3 Å². The fourth-order valence-electron chi connectivity index (χ4n) is 2.40. The van der Waals surface area contributed by atoms with Crippen LogP contribution in [0.25, 0.3) is 0 Å². The third kappa shape index (κ3) is 2.28. The molecule has 1 fully saturated rings. The van der Waals surface area contributed by atoms with Gasteiger partial charge in [0.05, 0.1) is 22.1 Å². The van der Waals surface area contributed by atoms with Gasteiger partial charge in [-0.15, -0.1) is 0 Å². The Kier molecular flexibility index (Phi) is 3.47. The molecule has 0 radical (unpaired) electrons. The number of anilines is 1. The number of hydrogen-bond donors (Lipinski definition) is 0. The van der Waals surface area contributed by atoms with E-state index in [2.05, 4.69) is 4.90 Å². The van der Waals surface area contributed by atoms with Gasteiger partial charge in [0.2, 0.25) is 0 Å². The van der Waals surface area contributed by atoms with Crippen LogP contribution in [0.1, 0.15) is 30.4 Å². The Balaban J connectivity index is 2.48. The summed E-state index contributed by atoms with van der Waals surface area (Å²) in [5, 5.41) is 20.0. The number of nitriles is 1. The van der Waals surface area contributed by atoms with Crippen molar-refractivity contribution in [1.29, 1.82) is 5.26 Å². The Morgan fingerprint density at radius 3 is 2.56 bits per heavy atom. The SMILES string of the molecule is Cc1c(N2CCCCC2)cc(C#N)cc1[N+](=O)[O-]. The van der Waals surface area contributed by atoms with Crippen LogP contribution in [-0.2, 0) is 0 Å². The Labute approximate surface area is 106 Å². The highest BCUT2D eigenvalue weighted by Crippen LogP contribution is 2.31. The number of benzene rings is 1. The van der Waals surface area contributed by atoms with Crippen molar-refractivity contribution in [2.45, 2.75) is 26.2 Å². The minimum Gasteiger partial charge on any atom is -0.371 e. The van der Waals surface area contributed by atoms with Crippen LogP contribution in [0.15, 0.2) is 12.1 Å². The molecule has 5 nitrogen and oxygen atoms in total. The summed E-state index contributed by atoms with van der Waals surface area (Å²) in [4.78, 5) is 12.7. The molecule has 1 aromatic carbocycles. The van der Waals surface area contributed by atoms with E-state index >= 15 is 0 Å². The molecule has 5 heteroatoms. The van der Waals surface area contributed by atoms with Crippen molar-refractivity contribution in [1.82, 2.24) is 0 Å². The summed E-state index contributed by atoms with van der Waals surface area (Å²) >= 11 is 0. The fourth-order valence-corrected chi connectivity index (χ4v) is 2.40. The van der Waals surface area contributed by atoms with Crippen LogP contribution in [0, 0.1) is 28.4 Å². The van der Waals surface area contributed by atoms with Gasteiger partial charge in [-0.1, -0.05) is 0 Å². The standard InChI is InChI=1S/C13H15N3O2/c1-10-12(15-5-3-2-4-6-15)7-11(9-14)8-13(10)16(17)18/h7-8H,2-6H2,1H3. The Morgan fingerprint density at radius 2 is 2.00 bits per heavy atom. The molecule has 1 aliphatic heterocycles. The van der Waals surface area contributed by atoms with E-state index in [0.717, 1.165) is 31.6 Å². The lowest BCUT2D eigenvalue weighted by molar-refractivity contribution is -0.385. The maximum absolute atomic E-state index is 11.0. The molecule has 18 heavy (non-hydrogen) atoms. The lowest BCUT2D eigenvalue weighted by Gasteiger charge is -2.30. The van der Waals surface area contributed by atoms with Crippen molar-refractivity contribution < 1.29 is 4.92 Å². The predicted molar refractivity (Wildman–Crippen MR) is 68.6 cm³/mol. The summed E-state index contributed by atoms with van der Waals surface area (Å²) < 4.78 is 0. The molecule has 0 saturated carbocycles. The zero-order valence-corrected chi connectivity index (χ0v) is 10.3. The largest absolute Gasteiger partial charge is 0.371 e. The summed E-state index contributed by atoms with van der Waals surface area (Å²) in [5.41, 5.74) is 1.88. The van der Waals surface area contributed by atoms with Crippen molar-refractivity contribution in [2.24, 2.45) is 0 Å². The summed E-state index contributed by atoms with van der Waals surface area (Å²) in [7, 11) is 0. The summed E-state index contributed by atoms with van der Waals surface area (Å²) in [6, 6.07) is 5.11. The van der Waals surface area contributed by atoms with E-state index in [1.807, 2.05) is 6.07 Å². The first kappa shape index (κ1) is 12.4. The number of rotatable bonds is 2. The van der Waals surface area contributed by atoms with E-state index in [0.29, 0.717) is 11.1 Å². The molecule has 0 amide bonds. The summed E-state index contributed by atoms with van der Waals surface area (Å²) in [6.07, 6.45) is 3.41. The molecule has 0 unspecified atom stereocenters. The molecule has 0 aliphatic carbocycles. The topological polar surface area (TPSA) is 70.2 Å². The molecule has 1 heterocycles. The van der Waals surface area contributed by atoms with Crippen LogP contribution in [0.5, 0.6) is 0 Å². The highest BCUT2D eigenvalue weighted by Gasteiger charge is 2.21. The molecule has 94 valence electrons. The maximum atomic E-state index is 11.0. The van der Waals surface area contributed by atoms with Gasteiger partial charge in [0.1, 0.15) is 0 Å². The quantitative estimate of drug-likeness (QED) is 0.593. The fraction of sp³-hybridized carbons (Fsp3) is 0.462. The average Bonchev–Trinajstić information content (AvgIpc) is 2.39. The van der Waals surface area contributed by atoms with Crippen LogP contribution in [0.3, 0.4) is 0 Å². The molecule has 0 aromatic heterocycles. The summed E-state index contributed by atoms with van der Waals surface area (Å²) in [5.74, 6) is 0. The average molecular weight is 245 g/mol. The number of nitrogens with zero attached hydrogens (tertiary/aromatic N) is 3. The first-order valence-corrected chi connectivity index (χ1v) is 6.07. The third-order valence-electron chi connectivity index (χ3n) is 3.38. The maximum Gasteiger partial charge on any atom is 0.275 e. The van der Waals surface area contributed by atoms with Crippen LogP contribution >= 0.6 is 0 Å². The monoisotopic (exact) mass is 245 g/mol. The molecule has 0 atom stereocenters. The molecule has 1 aromatic rings. The second-order valence-electron chi connectivity index (χ2n) is 4.56. The Hall–Kier alpha value is -2.09. The number of nitro groups is 1. The second-order valence-corrected chi connectivity index (χ2v) is 4.56. The first-order valence-electron chi connectivity index (χ1n) is 6.07. The minimum absolute atomic E-state index is 0.0367. The second kappa shape index (κ2) is 5.05. The van der Waals surface area contributed by atoms with Crippen LogP contribution in [-0.4, -0.2) is 18.0 Å². The zero-order valence-electron chi connectivity index (χ0n) is 10.3. The van der Waals surface area contributed by atoms with E-state index in [4.69, 9.17) is 5.26 Å². The number of hydrogen-bond acceptors (Lipinski definition) is 4. The Morgan fingerprint density at radius 1 is 1.33 bits per heavy atom. The van der Waals surface area contributed by atoms with Gasteiger partial charge in [-0.3, -0.25) is 10.1 Å². The van der Waals surface area contributed by atoms with Gasteiger partial charge < -0.3 is 4.90 Å². The van der Waals surface area contributed by atoms with Crippen molar-refractivity contribution >= 4 is 11.4 Å². The van der Waals surface area contributed by atoms with E-state index in [-0.39, 0.29) is 5.69 Å². The highest BCUT2D eigenvalue weighted by molar-refractivity contribution is 5.65. The van der Waals surface area contributed by atoms with E-state index in [9.17, 15) is 10.1 Å². The lowest BCUT2D eigenvalue weighted by atomic mass is 10.0. The number of piperidine rings is 1. The predicted octanol–water partition coefficient (Wildman–Crippen LogP) is 2.77. The van der Waals surface area contributed by atoms with Gasteiger partial charge in [0, 0.05) is 24.8 Å². The van der Waals surface area contributed by atoms with Crippen molar-refractivity contribution in [2.75, 3.05) is 18.0 Å². The first-order chi connectivity index (χ1) is 8.63. The molecule has 0 spiro atoms. The minimum atomic E-state index is -0.413. The van der Waals surface area contributed by atoms with Crippen LogP contribution < -0.4 is 4.90 Å². The number of nitro benzene ring substituents is 1. The normalized spacial score (nSPS) is 15.2. The van der Waals surface area contributed by atoms with Crippen molar-refractivity contribution in [3.05, 3.63) is 33.4 Å². The van der Waals surface area contributed by atoms with E-state index < -0.39 is 4.92 Å². The molecule has 0 N–H and O–H groups in total.